The third kappa shape index (κ3) is 5.13. The summed E-state index contributed by atoms with van der Waals surface area (Å²) in [6, 6.07) is 4.58. The SMILES string of the molecule is CCOc1cc(NCCCCC(=O)O)ccc1[N+](=O)[O-]. The molecule has 110 valence electrons. The highest BCUT2D eigenvalue weighted by Crippen LogP contribution is 2.30. The number of hydrogen-bond donors (Lipinski definition) is 2. The first-order valence-corrected chi connectivity index (χ1v) is 6.41. The summed E-state index contributed by atoms with van der Waals surface area (Å²) in [5.41, 5.74) is 0.651. The summed E-state index contributed by atoms with van der Waals surface area (Å²) >= 11 is 0. The molecule has 0 saturated heterocycles. The van der Waals surface area contributed by atoms with Gasteiger partial charge in [-0.1, -0.05) is 0 Å². The fraction of sp³-hybridized carbons (Fsp3) is 0.462. The number of nitro benzene ring substituents is 1. The van der Waals surface area contributed by atoms with Crippen LogP contribution >= 0.6 is 0 Å². The molecule has 0 aromatic heterocycles. The Labute approximate surface area is 116 Å². The van der Waals surface area contributed by atoms with Crippen molar-refractivity contribution in [1.29, 1.82) is 0 Å². The van der Waals surface area contributed by atoms with Crippen molar-refractivity contribution in [2.24, 2.45) is 0 Å². The van der Waals surface area contributed by atoms with Crippen LogP contribution in [0.25, 0.3) is 0 Å². The Hall–Kier alpha value is -2.31. The van der Waals surface area contributed by atoms with Crippen LogP contribution in [-0.2, 0) is 4.79 Å². The first kappa shape index (κ1) is 15.7. The number of unbranched alkanes of at least 4 members (excludes halogenated alkanes) is 1. The van der Waals surface area contributed by atoms with Crippen LogP contribution in [0.5, 0.6) is 5.75 Å². The van der Waals surface area contributed by atoms with Crippen LogP contribution in [0, 0.1) is 10.1 Å². The van der Waals surface area contributed by atoms with Gasteiger partial charge in [0.05, 0.1) is 11.5 Å². The molecule has 0 saturated carbocycles. The highest BCUT2D eigenvalue weighted by Gasteiger charge is 2.15. The Balaban J connectivity index is 2.56. The third-order valence-electron chi connectivity index (χ3n) is 2.60. The summed E-state index contributed by atoms with van der Waals surface area (Å²) < 4.78 is 5.24. The average molecular weight is 282 g/mol. The van der Waals surface area contributed by atoms with Crippen molar-refractivity contribution in [2.75, 3.05) is 18.5 Å². The number of nitro groups is 1. The highest BCUT2D eigenvalue weighted by molar-refractivity contribution is 5.66. The van der Waals surface area contributed by atoms with E-state index in [0.717, 1.165) is 5.69 Å². The molecular formula is C13H18N2O5. The Kier molecular flexibility index (Phi) is 6.28. The normalized spacial score (nSPS) is 10.1. The predicted molar refractivity (Wildman–Crippen MR) is 74.2 cm³/mol. The van der Waals surface area contributed by atoms with Crippen LogP contribution in [0.3, 0.4) is 0 Å². The number of aliphatic carboxylic acids is 1. The van der Waals surface area contributed by atoms with E-state index < -0.39 is 10.9 Å². The molecule has 0 radical (unpaired) electrons. The van der Waals surface area contributed by atoms with E-state index >= 15 is 0 Å². The second-order valence-electron chi connectivity index (χ2n) is 4.15. The van der Waals surface area contributed by atoms with Gasteiger partial charge in [-0.3, -0.25) is 14.9 Å². The van der Waals surface area contributed by atoms with Crippen LogP contribution in [0.1, 0.15) is 26.2 Å². The van der Waals surface area contributed by atoms with Crippen LogP contribution in [0.4, 0.5) is 11.4 Å². The molecule has 0 bridgehead atoms. The van der Waals surface area contributed by atoms with Gasteiger partial charge in [0.15, 0.2) is 5.75 Å². The minimum atomic E-state index is -0.807. The number of anilines is 1. The van der Waals surface area contributed by atoms with E-state index in [-0.39, 0.29) is 17.9 Å². The van der Waals surface area contributed by atoms with Crippen molar-refractivity contribution in [1.82, 2.24) is 0 Å². The van der Waals surface area contributed by atoms with Gasteiger partial charge < -0.3 is 15.2 Å². The first-order valence-electron chi connectivity index (χ1n) is 6.41. The van der Waals surface area contributed by atoms with E-state index in [0.29, 0.717) is 26.0 Å². The molecule has 0 atom stereocenters. The van der Waals surface area contributed by atoms with Gasteiger partial charge >= 0.3 is 11.7 Å². The zero-order valence-electron chi connectivity index (χ0n) is 11.3. The Bertz CT molecular complexity index is 476. The molecule has 1 aromatic carbocycles. The second-order valence-corrected chi connectivity index (χ2v) is 4.15. The number of rotatable bonds is 9. The number of nitrogens with one attached hydrogen (secondary N) is 1. The maximum absolute atomic E-state index is 10.8. The van der Waals surface area contributed by atoms with Crippen molar-refractivity contribution in [3.05, 3.63) is 28.3 Å². The summed E-state index contributed by atoms with van der Waals surface area (Å²) in [6.45, 7) is 2.72. The maximum atomic E-state index is 10.8. The zero-order valence-corrected chi connectivity index (χ0v) is 11.3. The van der Waals surface area contributed by atoms with Crippen molar-refractivity contribution < 1.29 is 19.6 Å². The number of benzene rings is 1. The van der Waals surface area contributed by atoms with E-state index in [1.54, 1.807) is 19.1 Å². The van der Waals surface area contributed by atoms with Crippen molar-refractivity contribution >= 4 is 17.3 Å². The molecule has 0 fully saturated rings. The molecule has 0 unspecified atom stereocenters. The molecular weight excluding hydrogens is 264 g/mol. The van der Waals surface area contributed by atoms with Crippen molar-refractivity contribution in [3.63, 3.8) is 0 Å². The fourth-order valence-corrected chi connectivity index (χ4v) is 1.68. The Morgan fingerprint density at radius 3 is 2.80 bits per heavy atom. The maximum Gasteiger partial charge on any atom is 0.311 e. The number of nitrogens with zero attached hydrogens (tertiary/aromatic N) is 1. The lowest BCUT2D eigenvalue weighted by Gasteiger charge is -2.09. The molecule has 1 rings (SSSR count). The van der Waals surface area contributed by atoms with E-state index in [9.17, 15) is 14.9 Å². The zero-order chi connectivity index (χ0) is 15.0. The van der Waals surface area contributed by atoms with Gasteiger partial charge in [-0.2, -0.15) is 0 Å². The monoisotopic (exact) mass is 282 g/mol. The molecule has 0 spiro atoms. The summed E-state index contributed by atoms with van der Waals surface area (Å²) in [4.78, 5) is 20.7. The quantitative estimate of drug-likeness (QED) is 0.410. The van der Waals surface area contributed by atoms with Crippen LogP contribution in [0.15, 0.2) is 18.2 Å². The number of carbonyl (C=O) groups is 1. The van der Waals surface area contributed by atoms with Gasteiger partial charge in [-0.05, 0) is 25.8 Å². The Morgan fingerprint density at radius 2 is 2.20 bits per heavy atom. The molecule has 0 aliphatic carbocycles. The molecule has 0 aliphatic heterocycles. The van der Waals surface area contributed by atoms with Gasteiger partial charge in [0.25, 0.3) is 0 Å². The van der Waals surface area contributed by atoms with E-state index in [1.165, 1.54) is 6.07 Å². The standard InChI is InChI=1S/C13H18N2O5/c1-2-20-12-9-10(6-7-11(12)15(18)19)14-8-4-3-5-13(16)17/h6-7,9,14H,2-5,8H2,1H3,(H,16,17). The lowest BCUT2D eigenvalue weighted by Crippen LogP contribution is -2.04. The topological polar surface area (TPSA) is 102 Å². The van der Waals surface area contributed by atoms with E-state index in [4.69, 9.17) is 9.84 Å². The van der Waals surface area contributed by atoms with E-state index in [1.807, 2.05) is 0 Å². The van der Waals surface area contributed by atoms with Gasteiger partial charge in [0.2, 0.25) is 0 Å². The number of hydrogen-bond acceptors (Lipinski definition) is 5. The molecule has 1 aromatic rings. The molecule has 0 amide bonds. The van der Waals surface area contributed by atoms with Crippen LogP contribution < -0.4 is 10.1 Å². The summed E-state index contributed by atoms with van der Waals surface area (Å²) in [7, 11) is 0. The minimum Gasteiger partial charge on any atom is -0.487 e. The lowest BCUT2D eigenvalue weighted by atomic mass is 10.2. The fourth-order valence-electron chi connectivity index (χ4n) is 1.68. The molecule has 20 heavy (non-hydrogen) atoms. The van der Waals surface area contributed by atoms with Gasteiger partial charge in [0.1, 0.15) is 0 Å². The summed E-state index contributed by atoms with van der Waals surface area (Å²) in [6.07, 6.45) is 1.45. The van der Waals surface area contributed by atoms with Gasteiger partial charge in [-0.25, -0.2) is 0 Å². The van der Waals surface area contributed by atoms with Crippen molar-refractivity contribution in [2.45, 2.75) is 26.2 Å². The number of carboxylic acids is 1. The largest absolute Gasteiger partial charge is 0.487 e. The molecule has 2 N–H and O–H groups in total. The minimum absolute atomic E-state index is 0.0664. The number of ether oxygens (including phenoxy) is 1. The van der Waals surface area contributed by atoms with Crippen LogP contribution in [0.2, 0.25) is 0 Å². The lowest BCUT2D eigenvalue weighted by molar-refractivity contribution is -0.385. The third-order valence-corrected chi connectivity index (χ3v) is 2.60. The summed E-state index contributed by atoms with van der Waals surface area (Å²) in [5.74, 6) is -0.577. The summed E-state index contributed by atoms with van der Waals surface area (Å²) in [5, 5.41) is 22.4. The Morgan fingerprint density at radius 1 is 1.45 bits per heavy atom. The molecule has 0 heterocycles. The van der Waals surface area contributed by atoms with Crippen molar-refractivity contribution in [3.8, 4) is 5.75 Å². The van der Waals surface area contributed by atoms with Crippen LogP contribution in [-0.4, -0.2) is 29.2 Å². The predicted octanol–water partition coefficient (Wildman–Crippen LogP) is 2.66. The molecule has 7 nitrogen and oxygen atoms in total. The molecule has 7 heteroatoms. The van der Waals surface area contributed by atoms with Gasteiger partial charge in [-0.15, -0.1) is 0 Å². The first-order chi connectivity index (χ1) is 9.54. The molecule has 0 aliphatic rings. The van der Waals surface area contributed by atoms with Gasteiger partial charge in [0, 0.05) is 30.8 Å². The smallest absolute Gasteiger partial charge is 0.311 e. The second kappa shape index (κ2) is 7.98. The average Bonchev–Trinajstić information content (AvgIpc) is 2.38. The number of carboxylic acid groups (broad SMARTS) is 1. The van der Waals surface area contributed by atoms with E-state index in [2.05, 4.69) is 5.32 Å². The highest BCUT2D eigenvalue weighted by atomic mass is 16.6.